The first-order chi connectivity index (χ1) is 12.0. The van der Waals surface area contributed by atoms with Gasteiger partial charge in [-0.25, -0.2) is 9.78 Å². The van der Waals surface area contributed by atoms with Crippen LogP contribution < -0.4 is 5.32 Å². The summed E-state index contributed by atoms with van der Waals surface area (Å²) in [7, 11) is 1.33. The molecule has 6 nitrogen and oxygen atoms in total. The molecule has 3 rings (SSSR count). The summed E-state index contributed by atoms with van der Waals surface area (Å²) < 4.78 is 4.70. The fourth-order valence-corrected chi connectivity index (χ4v) is 2.97. The molecule has 1 heterocycles. The first-order valence-electron chi connectivity index (χ1n) is 7.31. The zero-order chi connectivity index (χ0) is 17.8. The molecule has 0 atom stereocenters. The third-order valence-electron chi connectivity index (χ3n) is 3.35. The van der Waals surface area contributed by atoms with Crippen molar-refractivity contribution in [3.63, 3.8) is 0 Å². The number of halogens is 1. The summed E-state index contributed by atoms with van der Waals surface area (Å²) in [5.74, 6) is -0.358. The molecule has 8 heteroatoms. The van der Waals surface area contributed by atoms with Gasteiger partial charge in [0.2, 0.25) is 5.91 Å². The van der Waals surface area contributed by atoms with E-state index in [4.69, 9.17) is 16.3 Å². The second kappa shape index (κ2) is 7.58. The topological polar surface area (TPSA) is 84.1 Å². The zero-order valence-corrected chi connectivity index (χ0v) is 14.8. The van der Waals surface area contributed by atoms with E-state index in [1.54, 1.807) is 42.5 Å². The lowest BCUT2D eigenvalue weighted by molar-refractivity contribution is -0.113. The highest BCUT2D eigenvalue weighted by Gasteiger charge is 2.11. The van der Waals surface area contributed by atoms with E-state index in [9.17, 15) is 9.59 Å². The van der Waals surface area contributed by atoms with E-state index in [0.717, 1.165) is 0 Å². The number of fused-ring (bicyclic) bond motifs is 1. The second-order valence-corrected chi connectivity index (χ2v) is 6.51. The number of nitrogens with zero attached hydrogens (tertiary/aromatic N) is 1. The maximum absolute atomic E-state index is 12.0. The number of aromatic nitrogens is 2. The number of benzene rings is 2. The molecule has 1 amide bonds. The highest BCUT2D eigenvalue weighted by atomic mass is 35.5. The predicted octanol–water partition coefficient (Wildman–Crippen LogP) is 3.73. The van der Waals surface area contributed by atoms with Crippen LogP contribution in [0.2, 0.25) is 5.02 Å². The summed E-state index contributed by atoms with van der Waals surface area (Å²) in [6.07, 6.45) is 0. The molecule has 0 spiro atoms. The van der Waals surface area contributed by atoms with Crippen molar-refractivity contribution in [3.05, 3.63) is 53.1 Å². The Kier molecular flexibility index (Phi) is 5.25. The molecule has 0 unspecified atom stereocenters. The fraction of sp³-hybridized carbons (Fsp3) is 0.118. The molecule has 2 N–H and O–H groups in total. The summed E-state index contributed by atoms with van der Waals surface area (Å²) in [4.78, 5) is 31.0. The van der Waals surface area contributed by atoms with Crippen molar-refractivity contribution in [1.82, 2.24) is 9.97 Å². The number of carbonyl (C=O) groups is 2. The maximum Gasteiger partial charge on any atom is 0.337 e. The first kappa shape index (κ1) is 17.3. The molecule has 0 radical (unpaired) electrons. The number of nitrogens with one attached hydrogen (secondary N) is 2. The fourth-order valence-electron chi connectivity index (χ4n) is 2.16. The lowest BCUT2D eigenvalue weighted by atomic mass is 10.2. The molecule has 2 aromatic carbocycles. The standard InChI is InChI=1S/C17H14ClN3O3S/c1-24-16(23)10-2-7-13-14(8-10)21-17(20-13)25-9-15(22)19-12-5-3-11(18)4-6-12/h2-8H,9H2,1H3,(H,19,22)(H,20,21). The van der Waals surface area contributed by atoms with Crippen molar-refractivity contribution in [2.45, 2.75) is 5.16 Å². The summed E-state index contributed by atoms with van der Waals surface area (Å²) in [6, 6.07) is 11.9. The van der Waals surface area contributed by atoms with E-state index in [1.807, 2.05) is 0 Å². The normalized spacial score (nSPS) is 10.6. The van der Waals surface area contributed by atoms with E-state index < -0.39 is 5.97 Å². The number of rotatable bonds is 5. The number of imidazole rings is 1. The molecular formula is C17H14ClN3O3S. The molecule has 1 aromatic heterocycles. The molecule has 0 aliphatic rings. The van der Waals surface area contributed by atoms with Crippen LogP contribution in [0.4, 0.5) is 5.69 Å². The van der Waals surface area contributed by atoms with Gasteiger partial charge in [0, 0.05) is 10.7 Å². The number of esters is 1. The van der Waals surface area contributed by atoms with Gasteiger partial charge in [-0.1, -0.05) is 23.4 Å². The van der Waals surface area contributed by atoms with Crippen LogP contribution in [-0.2, 0) is 9.53 Å². The smallest absolute Gasteiger partial charge is 0.337 e. The van der Waals surface area contributed by atoms with Crippen molar-refractivity contribution in [2.75, 3.05) is 18.2 Å². The number of hydrogen-bond donors (Lipinski definition) is 2. The average Bonchev–Trinajstić information content (AvgIpc) is 3.03. The lowest BCUT2D eigenvalue weighted by Gasteiger charge is -2.04. The first-order valence-corrected chi connectivity index (χ1v) is 8.68. The molecule has 0 aliphatic carbocycles. The second-order valence-electron chi connectivity index (χ2n) is 5.11. The van der Waals surface area contributed by atoms with Gasteiger partial charge in [0.1, 0.15) is 0 Å². The summed E-state index contributed by atoms with van der Waals surface area (Å²) in [6.45, 7) is 0. The van der Waals surface area contributed by atoms with Gasteiger partial charge < -0.3 is 15.0 Å². The highest BCUT2D eigenvalue weighted by Crippen LogP contribution is 2.21. The summed E-state index contributed by atoms with van der Waals surface area (Å²) >= 11 is 7.09. The number of amides is 1. The van der Waals surface area contributed by atoms with Crippen molar-refractivity contribution in [1.29, 1.82) is 0 Å². The van der Waals surface area contributed by atoms with Crippen molar-refractivity contribution in [3.8, 4) is 0 Å². The van der Waals surface area contributed by atoms with Gasteiger partial charge in [0.05, 0.1) is 29.5 Å². The Morgan fingerprint density at radius 2 is 2.00 bits per heavy atom. The van der Waals surface area contributed by atoms with Gasteiger partial charge in [-0.05, 0) is 42.5 Å². The maximum atomic E-state index is 12.0. The molecule has 0 aliphatic heterocycles. The number of anilines is 1. The third kappa shape index (κ3) is 4.32. The quantitative estimate of drug-likeness (QED) is 0.524. The van der Waals surface area contributed by atoms with Crippen molar-refractivity contribution >= 4 is 52.0 Å². The van der Waals surface area contributed by atoms with Crippen LogP contribution in [0.1, 0.15) is 10.4 Å². The Balaban J connectivity index is 1.63. The number of carbonyl (C=O) groups excluding carboxylic acids is 2. The van der Waals surface area contributed by atoms with Gasteiger partial charge in [-0.15, -0.1) is 0 Å². The van der Waals surface area contributed by atoms with Crippen molar-refractivity contribution < 1.29 is 14.3 Å². The number of ether oxygens (including phenoxy) is 1. The van der Waals surface area contributed by atoms with Crippen molar-refractivity contribution in [2.24, 2.45) is 0 Å². The monoisotopic (exact) mass is 375 g/mol. The Morgan fingerprint density at radius 1 is 1.24 bits per heavy atom. The average molecular weight is 376 g/mol. The molecule has 3 aromatic rings. The largest absolute Gasteiger partial charge is 0.465 e. The molecule has 0 bridgehead atoms. The van der Waals surface area contributed by atoms with Crippen LogP contribution >= 0.6 is 23.4 Å². The minimum atomic E-state index is -0.409. The van der Waals surface area contributed by atoms with Gasteiger partial charge in [-0.2, -0.15) is 0 Å². The number of methoxy groups -OCH3 is 1. The van der Waals surface area contributed by atoms with Gasteiger partial charge >= 0.3 is 5.97 Å². The Bertz CT molecular complexity index is 925. The minimum Gasteiger partial charge on any atom is -0.465 e. The third-order valence-corrected chi connectivity index (χ3v) is 4.47. The Morgan fingerprint density at radius 3 is 2.72 bits per heavy atom. The number of H-pyrrole nitrogens is 1. The van der Waals surface area contributed by atoms with Gasteiger partial charge in [-0.3, -0.25) is 4.79 Å². The van der Waals surface area contributed by atoms with E-state index in [2.05, 4.69) is 15.3 Å². The molecule has 0 fully saturated rings. The SMILES string of the molecule is COC(=O)c1ccc2nc(SCC(=O)Nc3ccc(Cl)cc3)[nH]c2c1. The lowest BCUT2D eigenvalue weighted by Crippen LogP contribution is -2.13. The Labute approximate surface area is 152 Å². The van der Waals surface area contributed by atoms with Gasteiger partial charge in [0.25, 0.3) is 0 Å². The number of aromatic amines is 1. The highest BCUT2D eigenvalue weighted by molar-refractivity contribution is 7.99. The van der Waals surface area contributed by atoms with E-state index in [1.165, 1.54) is 18.9 Å². The molecule has 0 saturated heterocycles. The number of hydrogen-bond acceptors (Lipinski definition) is 5. The van der Waals surface area contributed by atoms with Gasteiger partial charge in [0.15, 0.2) is 5.16 Å². The van der Waals surface area contributed by atoms with E-state index in [-0.39, 0.29) is 11.7 Å². The summed E-state index contributed by atoms with van der Waals surface area (Å²) in [5, 5.41) is 4.00. The molecular weight excluding hydrogens is 362 g/mol. The molecule has 25 heavy (non-hydrogen) atoms. The Hall–Kier alpha value is -2.51. The van der Waals surface area contributed by atoms with Crippen LogP contribution in [0.15, 0.2) is 47.6 Å². The van der Waals surface area contributed by atoms with Crippen LogP contribution in [0.3, 0.4) is 0 Å². The van der Waals surface area contributed by atoms with E-state index >= 15 is 0 Å². The predicted molar refractivity (Wildman–Crippen MR) is 98.2 cm³/mol. The molecule has 0 saturated carbocycles. The van der Waals surface area contributed by atoms with Crippen LogP contribution in [-0.4, -0.2) is 34.7 Å². The van der Waals surface area contributed by atoms with E-state index in [0.29, 0.717) is 32.5 Å². The molecule has 128 valence electrons. The van der Waals surface area contributed by atoms with Crippen LogP contribution in [0.25, 0.3) is 11.0 Å². The van der Waals surface area contributed by atoms with Crippen LogP contribution in [0.5, 0.6) is 0 Å². The zero-order valence-electron chi connectivity index (χ0n) is 13.2. The van der Waals surface area contributed by atoms with Crippen LogP contribution in [0, 0.1) is 0 Å². The summed E-state index contributed by atoms with van der Waals surface area (Å²) in [5.41, 5.74) is 2.55. The minimum absolute atomic E-state index is 0.150. The number of thioether (sulfide) groups is 1.